The minimum atomic E-state index is 0.346. The van der Waals surface area contributed by atoms with E-state index in [0.717, 1.165) is 18.4 Å². The van der Waals surface area contributed by atoms with Crippen LogP contribution in [0, 0.1) is 24.2 Å². The molecule has 0 radical (unpaired) electrons. The van der Waals surface area contributed by atoms with E-state index in [0.29, 0.717) is 6.04 Å². The normalized spacial score (nSPS) is 20.6. The molecule has 3 atom stereocenters. The van der Waals surface area contributed by atoms with Crippen molar-refractivity contribution in [2.24, 2.45) is 11.8 Å². The van der Waals surface area contributed by atoms with Crippen molar-refractivity contribution in [2.45, 2.75) is 116 Å². The number of rotatable bonds is 17. The summed E-state index contributed by atoms with van der Waals surface area (Å²) < 4.78 is 0. The van der Waals surface area contributed by atoms with Crippen molar-refractivity contribution in [1.82, 2.24) is 4.90 Å². The molecular weight excluding hydrogens is 302 g/mol. The predicted molar refractivity (Wildman–Crippen MR) is 113 cm³/mol. The van der Waals surface area contributed by atoms with Gasteiger partial charge in [0, 0.05) is 0 Å². The van der Waals surface area contributed by atoms with E-state index in [1.807, 2.05) is 0 Å². The predicted octanol–water partition coefficient (Wildman–Crippen LogP) is 7.06. The molecule has 1 nitrogen and oxygen atoms in total. The van der Waals surface area contributed by atoms with Gasteiger partial charge in [0.1, 0.15) is 0 Å². The molecule has 0 aromatic carbocycles. The highest BCUT2D eigenvalue weighted by atomic mass is 15.1. The van der Waals surface area contributed by atoms with E-state index in [-0.39, 0.29) is 0 Å². The molecule has 1 fully saturated rings. The van der Waals surface area contributed by atoms with Gasteiger partial charge < -0.3 is 0 Å². The highest BCUT2D eigenvalue weighted by Crippen LogP contribution is 2.45. The van der Waals surface area contributed by atoms with Crippen molar-refractivity contribution >= 4 is 0 Å². The lowest BCUT2D eigenvalue weighted by Gasteiger charge is -2.21. The molecule has 1 aliphatic carbocycles. The number of hydrogen-bond donors (Lipinski definition) is 0. The molecule has 0 heterocycles. The summed E-state index contributed by atoms with van der Waals surface area (Å²) in [5.74, 6) is 5.14. The maximum Gasteiger partial charge on any atom is 0.0709 e. The monoisotopic (exact) mass is 347 g/mol. The largest absolute Gasteiger partial charge is 0.293 e. The molecule has 1 heteroatoms. The van der Waals surface area contributed by atoms with Gasteiger partial charge in [-0.05, 0) is 38.3 Å². The van der Waals surface area contributed by atoms with Gasteiger partial charge in [-0.25, -0.2) is 0 Å². The lowest BCUT2D eigenvalue weighted by molar-refractivity contribution is 0.286. The molecule has 0 saturated heterocycles. The molecule has 1 aliphatic rings. The van der Waals surface area contributed by atoms with Gasteiger partial charge in [0.15, 0.2) is 0 Å². The summed E-state index contributed by atoms with van der Waals surface area (Å²) in [6.07, 6.45) is 27.1. The lowest BCUT2D eigenvalue weighted by Crippen LogP contribution is -2.29. The molecule has 0 aromatic heterocycles. The highest BCUT2D eigenvalue weighted by Gasteiger charge is 2.34. The maximum atomic E-state index is 5.64. The highest BCUT2D eigenvalue weighted by molar-refractivity contribution is 4.98. The minimum absolute atomic E-state index is 0.346. The fourth-order valence-electron chi connectivity index (χ4n) is 4.13. The van der Waals surface area contributed by atoms with Crippen LogP contribution in [0.4, 0.5) is 0 Å². The van der Waals surface area contributed by atoms with Crippen LogP contribution < -0.4 is 0 Å². The summed E-state index contributed by atoms with van der Waals surface area (Å²) in [6, 6.07) is 0.346. The van der Waals surface area contributed by atoms with Crippen LogP contribution in [-0.4, -0.2) is 24.5 Å². The fraction of sp³-hybridized carbons (Fsp3) is 0.917. The van der Waals surface area contributed by atoms with E-state index in [9.17, 15) is 0 Å². The van der Waals surface area contributed by atoms with Crippen molar-refractivity contribution in [1.29, 1.82) is 0 Å². The third-order valence-corrected chi connectivity index (χ3v) is 6.27. The van der Waals surface area contributed by atoms with E-state index in [4.69, 9.17) is 6.42 Å². The fourth-order valence-corrected chi connectivity index (χ4v) is 4.13. The van der Waals surface area contributed by atoms with Crippen molar-refractivity contribution < 1.29 is 0 Å². The van der Waals surface area contributed by atoms with Crippen LogP contribution in [0.5, 0.6) is 0 Å². The van der Waals surface area contributed by atoms with E-state index in [1.54, 1.807) is 6.42 Å². The molecule has 0 bridgehead atoms. The second-order valence-electron chi connectivity index (χ2n) is 8.41. The summed E-state index contributed by atoms with van der Waals surface area (Å²) in [5.41, 5.74) is 0. The molecule has 0 aromatic rings. The first-order valence-corrected chi connectivity index (χ1v) is 11.4. The van der Waals surface area contributed by atoms with Crippen LogP contribution in [0.25, 0.3) is 0 Å². The Morgan fingerprint density at radius 3 is 1.88 bits per heavy atom. The quantitative estimate of drug-likeness (QED) is 0.201. The average molecular weight is 348 g/mol. The number of terminal acetylenes is 1. The zero-order valence-electron chi connectivity index (χ0n) is 17.6. The van der Waals surface area contributed by atoms with Crippen LogP contribution in [0.3, 0.4) is 0 Å². The summed E-state index contributed by atoms with van der Waals surface area (Å²) in [5, 5.41) is 0. The first-order valence-electron chi connectivity index (χ1n) is 11.4. The zero-order chi connectivity index (χ0) is 18.3. The van der Waals surface area contributed by atoms with E-state index in [2.05, 4.69) is 31.7 Å². The van der Waals surface area contributed by atoms with Gasteiger partial charge in [-0.3, -0.25) is 4.90 Å². The third kappa shape index (κ3) is 11.0. The lowest BCUT2D eigenvalue weighted by atomic mass is 10.0. The molecule has 146 valence electrons. The van der Waals surface area contributed by atoms with E-state index in [1.165, 1.54) is 89.9 Å². The van der Waals surface area contributed by atoms with Crippen LogP contribution in [0.1, 0.15) is 110 Å². The molecule has 3 unspecified atom stereocenters. The Hall–Kier alpha value is -0.480. The van der Waals surface area contributed by atoms with Crippen molar-refractivity contribution in [3.63, 3.8) is 0 Å². The van der Waals surface area contributed by atoms with Crippen LogP contribution in [-0.2, 0) is 0 Å². The van der Waals surface area contributed by atoms with Gasteiger partial charge in [-0.1, -0.05) is 103 Å². The van der Waals surface area contributed by atoms with Gasteiger partial charge in [-0.15, -0.1) is 6.42 Å². The number of unbranched alkanes of at least 4 members (excludes halogenated alkanes) is 9. The van der Waals surface area contributed by atoms with Crippen LogP contribution in [0.2, 0.25) is 0 Å². The van der Waals surface area contributed by atoms with Gasteiger partial charge in [-0.2, -0.15) is 0 Å². The van der Waals surface area contributed by atoms with Gasteiger partial charge in [0.05, 0.1) is 6.04 Å². The molecular formula is C24H45N. The molecule has 25 heavy (non-hydrogen) atoms. The van der Waals surface area contributed by atoms with Gasteiger partial charge in [0.2, 0.25) is 0 Å². The Morgan fingerprint density at radius 1 is 0.840 bits per heavy atom. The standard InChI is InChI=1S/C24H45N/c1-5-8-9-10-12-15-18-22-21-23(22)19-16-13-11-14-17-20-24(6-2)25(4)7-3/h2,22-24H,5,7-21H2,1,3-4H3. The molecule has 0 amide bonds. The first-order chi connectivity index (χ1) is 12.2. The first kappa shape index (κ1) is 22.6. The molecule has 0 N–H and O–H groups in total. The number of hydrogen-bond acceptors (Lipinski definition) is 1. The Bertz CT molecular complexity index is 342. The zero-order valence-corrected chi connectivity index (χ0v) is 17.6. The summed E-state index contributed by atoms with van der Waals surface area (Å²) in [7, 11) is 2.14. The Kier molecular flexibility index (Phi) is 13.2. The van der Waals surface area contributed by atoms with Gasteiger partial charge >= 0.3 is 0 Å². The second-order valence-corrected chi connectivity index (χ2v) is 8.41. The Labute approximate surface area is 159 Å². The summed E-state index contributed by atoms with van der Waals surface area (Å²) >= 11 is 0. The summed E-state index contributed by atoms with van der Waals surface area (Å²) in [4.78, 5) is 2.29. The SMILES string of the molecule is C#CC(CCCCCCCC1CC1CCCCCCCC)N(C)CC. The average Bonchev–Trinajstić information content (AvgIpc) is 3.38. The third-order valence-electron chi connectivity index (χ3n) is 6.27. The molecule has 1 saturated carbocycles. The Morgan fingerprint density at radius 2 is 1.36 bits per heavy atom. The van der Waals surface area contributed by atoms with Crippen molar-refractivity contribution in [3.05, 3.63) is 0 Å². The van der Waals surface area contributed by atoms with Crippen LogP contribution >= 0.6 is 0 Å². The number of nitrogens with zero attached hydrogens (tertiary/aromatic N) is 1. The van der Waals surface area contributed by atoms with E-state index >= 15 is 0 Å². The molecule has 1 rings (SSSR count). The second kappa shape index (κ2) is 14.7. The summed E-state index contributed by atoms with van der Waals surface area (Å²) in [6.45, 7) is 5.53. The molecule has 0 aliphatic heterocycles. The Balaban J connectivity index is 1.84. The maximum absolute atomic E-state index is 5.64. The smallest absolute Gasteiger partial charge is 0.0709 e. The topological polar surface area (TPSA) is 3.24 Å². The van der Waals surface area contributed by atoms with Crippen molar-refractivity contribution in [2.75, 3.05) is 13.6 Å². The minimum Gasteiger partial charge on any atom is -0.293 e. The van der Waals surface area contributed by atoms with Gasteiger partial charge in [0.25, 0.3) is 0 Å². The molecule has 0 spiro atoms. The van der Waals surface area contributed by atoms with Crippen molar-refractivity contribution in [3.8, 4) is 12.3 Å². The van der Waals surface area contributed by atoms with E-state index < -0.39 is 0 Å². The van der Waals surface area contributed by atoms with Crippen LogP contribution in [0.15, 0.2) is 0 Å².